The summed E-state index contributed by atoms with van der Waals surface area (Å²) in [5, 5.41) is 9.42. The first-order chi connectivity index (χ1) is 9.49. The molecule has 20 heavy (non-hydrogen) atoms. The Kier molecular flexibility index (Phi) is 3.60. The highest BCUT2D eigenvalue weighted by Crippen LogP contribution is 2.46. The van der Waals surface area contributed by atoms with E-state index >= 15 is 0 Å². The van der Waals surface area contributed by atoms with Gasteiger partial charge in [0.25, 0.3) is 0 Å². The van der Waals surface area contributed by atoms with Crippen molar-refractivity contribution in [2.45, 2.75) is 37.6 Å². The van der Waals surface area contributed by atoms with Crippen LogP contribution in [0.5, 0.6) is 0 Å². The zero-order valence-electron chi connectivity index (χ0n) is 12.0. The highest BCUT2D eigenvalue weighted by molar-refractivity contribution is 8.00. The largest absolute Gasteiger partial charge is 0.480 e. The van der Waals surface area contributed by atoms with Gasteiger partial charge >= 0.3 is 12.0 Å². The molecule has 1 N–H and O–H groups in total. The van der Waals surface area contributed by atoms with E-state index in [4.69, 9.17) is 0 Å². The molecule has 0 aromatic heterocycles. The summed E-state index contributed by atoms with van der Waals surface area (Å²) in [6.07, 6.45) is 3.43. The van der Waals surface area contributed by atoms with Gasteiger partial charge in [0, 0.05) is 19.3 Å². The summed E-state index contributed by atoms with van der Waals surface area (Å²) < 4.78 is 0. The number of aliphatic carboxylic acids is 1. The van der Waals surface area contributed by atoms with E-state index in [0.29, 0.717) is 23.5 Å². The first-order valence-electron chi connectivity index (χ1n) is 7.37. The SMILES string of the molecule is CC1CC1CN(C)C(=O)N1C(C(=O)O)CSC1C1CC1. The van der Waals surface area contributed by atoms with Gasteiger partial charge in [0.1, 0.15) is 6.04 Å². The van der Waals surface area contributed by atoms with Gasteiger partial charge in [0.05, 0.1) is 5.37 Å². The van der Waals surface area contributed by atoms with Crippen molar-refractivity contribution < 1.29 is 14.7 Å². The minimum absolute atomic E-state index is 0.0719. The summed E-state index contributed by atoms with van der Waals surface area (Å²) in [7, 11) is 1.80. The molecule has 0 bridgehead atoms. The van der Waals surface area contributed by atoms with E-state index in [0.717, 1.165) is 19.4 Å². The Hall–Kier alpha value is -0.910. The van der Waals surface area contributed by atoms with Crippen LogP contribution in [0.4, 0.5) is 4.79 Å². The number of amides is 2. The molecule has 2 saturated carbocycles. The Labute approximate surface area is 123 Å². The number of nitrogens with zero attached hydrogens (tertiary/aromatic N) is 2. The number of hydrogen-bond donors (Lipinski definition) is 1. The second-order valence-corrected chi connectivity index (χ2v) is 7.61. The topological polar surface area (TPSA) is 60.9 Å². The van der Waals surface area contributed by atoms with Crippen LogP contribution in [-0.4, -0.2) is 57.7 Å². The number of hydrogen-bond acceptors (Lipinski definition) is 3. The van der Waals surface area contributed by atoms with Crippen LogP contribution in [0, 0.1) is 17.8 Å². The lowest BCUT2D eigenvalue weighted by Crippen LogP contribution is -2.51. The summed E-state index contributed by atoms with van der Waals surface area (Å²) >= 11 is 1.64. The fourth-order valence-electron chi connectivity index (χ4n) is 2.99. The van der Waals surface area contributed by atoms with Crippen molar-refractivity contribution in [2.75, 3.05) is 19.3 Å². The Bertz CT molecular complexity index is 427. The van der Waals surface area contributed by atoms with Crippen molar-refractivity contribution in [2.24, 2.45) is 17.8 Å². The summed E-state index contributed by atoms with van der Waals surface area (Å²) in [6.45, 7) is 2.95. The number of carboxylic acids is 1. The normalized spacial score (nSPS) is 36.0. The zero-order chi connectivity index (χ0) is 14.4. The number of rotatable bonds is 4. The molecule has 6 heteroatoms. The molecule has 0 spiro atoms. The molecule has 112 valence electrons. The molecule has 2 aliphatic carbocycles. The molecule has 1 saturated heterocycles. The van der Waals surface area contributed by atoms with E-state index in [1.165, 1.54) is 6.42 Å². The predicted octanol–water partition coefficient (Wildman–Crippen LogP) is 1.93. The number of carbonyl (C=O) groups is 2. The number of urea groups is 1. The molecule has 5 nitrogen and oxygen atoms in total. The third-order valence-corrected chi connectivity index (χ3v) is 6.14. The molecule has 3 fully saturated rings. The molecule has 0 aromatic carbocycles. The van der Waals surface area contributed by atoms with Gasteiger partial charge in [-0.3, -0.25) is 4.90 Å². The van der Waals surface area contributed by atoms with Crippen LogP contribution < -0.4 is 0 Å². The lowest BCUT2D eigenvalue weighted by molar-refractivity contribution is -0.141. The summed E-state index contributed by atoms with van der Waals surface area (Å²) in [5.41, 5.74) is 0. The zero-order valence-corrected chi connectivity index (χ0v) is 12.8. The average Bonchev–Trinajstić information content (AvgIpc) is 3.30. The fourth-order valence-corrected chi connectivity index (χ4v) is 4.61. The van der Waals surface area contributed by atoms with Crippen molar-refractivity contribution >= 4 is 23.8 Å². The standard InChI is InChI=1S/C14H22N2O3S/c1-8-5-10(8)6-15(2)14(19)16-11(13(17)18)7-20-12(16)9-3-4-9/h8-12H,3-7H2,1-2H3,(H,17,18). The highest BCUT2D eigenvalue weighted by Gasteiger charge is 2.49. The first kappa shape index (κ1) is 14.0. The number of carbonyl (C=O) groups excluding carboxylic acids is 1. The van der Waals surface area contributed by atoms with Gasteiger partial charge in [-0.1, -0.05) is 6.92 Å². The maximum absolute atomic E-state index is 12.6. The third kappa shape index (κ3) is 2.62. The number of thioether (sulfide) groups is 1. The van der Waals surface area contributed by atoms with Crippen LogP contribution >= 0.6 is 11.8 Å². The molecular formula is C14H22N2O3S. The molecule has 0 radical (unpaired) electrons. The van der Waals surface area contributed by atoms with Gasteiger partial charge in [0.15, 0.2) is 0 Å². The van der Waals surface area contributed by atoms with Crippen molar-refractivity contribution in [1.82, 2.24) is 9.80 Å². The summed E-state index contributed by atoms with van der Waals surface area (Å²) in [5.74, 6) is 1.45. The van der Waals surface area contributed by atoms with Crippen molar-refractivity contribution in [3.63, 3.8) is 0 Å². The van der Waals surface area contributed by atoms with Gasteiger partial charge in [-0.05, 0) is 37.0 Å². The van der Waals surface area contributed by atoms with Crippen molar-refractivity contribution in [3.8, 4) is 0 Å². The Morgan fingerprint density at radius 1 is 1.40 bits per heavy atom. The fraction of sp³-hybridized carbons (Fsp3) is 0.857. The lowest BCUT2D eigenvalue weighted by atomic mass is 10.2. The second kappa shape index (κ2) is 5.13. The predicted molar refractivity (Wildman–Crippen MR) is 77.5 cm³/mol. The van der Waals surface area contributed by atoms with Crippen molar-refractivity contribution in [3.05, 3.63) is 0 Å². The highest BCUT2D eigenvalue weighted by atomic mass is 32.2. The van der Waals surface area contributed by atoms with E-state index in [1.54, 1.807) is 28.6 Å². The molecule has 4 unspecified atom stereocenters. The maximum Gasteiger partial charge on any atom is 0.327 e. The van der Waals surface area contributed by atoms with Crippen LogP contribution in [-0.2, 0) is 4.79 Å². The Morgan fingerprint density at radius 3 is 2.55 bits per heavy atom. The molecule has 0 aromatic rings. The molecule has 4 atom stereocenters. The van der Waals surface area contributed by atoms with Crippen LogP contribution in [0.2, 0.25) is 0 Å². The van der Waals surface area contributed by atoms with Gasteiger partial charge in [-0.2, -0.15) is 0 Å². The van der Waals surface area contributed by atoms with Crippen molar-refractivity contribution in [1.29, 1.82) is 0 Å². The molecule has 1 aliphatic heterocycles. The summed E-state index contributed by atoms with van der Waals surface area (Å²) in [4.78, 5) is 27.4. The first-order valence-corrected chi connectivity index (χ1v) is 8.41. The van der Waals surface area contributed by atoms with Gasteiger partial charge < -0.3 is 10.0 Å². The average molecular weight is 298 g/mol. The van der Waals surface area contributed by atoms with E-state index in [-0.39, 0.29) is 11.4 Å². The molecule has 1 heterocycles. The molecule has 3 aliphatic rings. The second-order valence-electron chi connectivity index (χ2n) is 6.46. The van der Waals surface area contributed by atoms with E-state index in [9.17, 15) is 14.7 Å². The smallest absolute Gasteiger partial charge is 0.327 e. The Morgan fingerprint density at radius 2 is 2.05 bits per heavy atom. The lowest BCUT2D eigenvalue weighted by Gasteiger charge is -2.31. The minimum Gasteiger partial charge on any atom is -0.480 e. The van der Waals surface area contributed by atoms with Crippen LogP contribution in [0.15, 0.2) is 0 Å². The maximum atomic E-state index is 12.6. The van der Waals surface area contributed by atoms with E-state index < -0.39 is 12.0 Å². The van der Waals surface area contributed by atoms with Crippen LogP contribution in [0.25, 0.3) is 0 Å². The molecule has 3 rings (SSSR count). The van der Waals surface area contributed by atoms with E-state index in [1.807, 2.05) is 0 Å². The quantitative estimate of drug-likeness (QED) is 0.861. The molecular weight excluding hydrogens is 276 g/mol. The van der Waals surface area contributed by atoms with Gasteiger partial charge in [-0.25, -0.2) is 9.59 Å². The Balaban J connectivity index is 1.69. The minimum atomic E-state index is -0.873. The van der Waals surface area contributed by atoms with Crippen LogP contribution in [0.3, 0.4) is 0 Å². The molecule has 2 amide bonds. The monoisotopic (exact) mass is 298 g/mol. The number of carboxylic acid groups (broad SMARTS) is 1. The summed E-state index contributed by atoms with van der Waals surface area (Å²) in [6, 6.07) is -0.754. The van der Waals surface area contributed by atoms with Gasteiger partial charge in [0.2, 0.25) is 0 Å². The van der Waals surface area contributed by atoms with E-state index in [2.05, 4.69) is 6.92 Å². The van der Waals surface area contributed by atoms with Crippen LogP contribution in [0.1, 0.15) is 26.2 Å². The van der Waals surface area contributed by atoms with Gasteiger partial charge in [-0.15, -0.1) is 11.8 Å². The third-order valence-electron chi connectivity index (χ3n) is 4.68.